The number of hydrogen-bond acceptors (Lipinski definition) is 3. The molecule has 1 fully saturated rings. The standard InChI is InChI=1S/C23H28N4O2/c1-29-22-11-6-5-10-21(22)27(13-7-12-24)23(28)19-26-16-14-25(15-17-26)18-20-8-3-2-4-9-20/h2-6,8-11H,7,13-19H2,1H3/p+2. The molecule has 1 aliphatic heterocycles. The molecule has 6 nitrogen and oxygen atoms in total. The van der Waals surface area contributed by atoms with Crippen molar-refractivity contribution in [2.45, 2.75) is 13.0 Å². The van der Waals surface area contributed by atoms with Crippen molar-refractivity contribution in [2.24, 2.45) is 0 Å². The highest BCUT2D eigenvalue weighted by molar-refractivity contribution is 5.95. The van der Waals surface area contributed by atoms with Gasteiger partial charge in [0, 0.05) is 12.1 Å². The van der Waals surface area contributed by atoms with Gasteiger partial charge in [-0.1, -0.05) is 42.5 Å². The number of amides is 1. The maximum Gasteiger partial charge on any atom is 0.282 e. The Balaban J connectivity index is 1.58. The number of quaternary nitrogens is 2. The lowest BCUT2D eigenvalue weighted by Crippen LogP contribution is -3.28. The summed E-state index contributed by atoms with van der Waals surface area (Å²) in [5.74, 6) is 0.706. The fourth-order valence-corrected chi connectivity index (χ4v) is 3.90. The number of nitrogens with zero attached hydrogens (tertiary/aromatic N) is 2. The molecule has 3 rings (SSSR count). The van der Waals surface area contributed by atoms with Crippen LogP contribution in [0.25, 0.3) is 0 Å². The molecule has 0 radical (unpaired) electrons. The molecule has 0 spiro atoms. The monoisotopic (exact) mass is 394 g/mol. The Morgan fingerprint density at radius 3 is 2.38 bits per heavy atom. The first-order chi connectivity index (χ1) is 14.2. The Labute approximate surface area is 172 Å². The van der Waals surface area contributed by atoms with Crippen LogP contribution in [0.4, 0.5) is 5.69 Å². The van der Waals surface area contributed by atoms with Crippen molar-refractivity contribution >= 4 is 11.6 Å². The van der Waals surface area contributed by atoms with Crippen LogP contribution in [0.3, 0.4) is 0 Å². The summed E-state index contributed by atoms with van der Waals surface area (Å²) in [6.07, 6.45) is 0.300. The van der Waals surface area contributed by atoms with E-state index in [1.165, 1.54) is 10.5 Å². The Bertz CT molecular complexity index is 826. The Hall–Kier alpha value is -2.88. The number of carbonyl (C=O) groups excluding carboxylic acids is 1. The van der Waals surface area contributed by atoms with Crippen LogP contribution in [-0.4, -0.2) is 52.3 Å². The van der Waals surface area contributed by atoms with Crippen molar-refractivity contribution in [1.82, 2.24) is 0 Å². The summed E-state index contributed by atoms with van der Waals surface area (Å²) in [7, 11) is 1.60. The van der Waals surface area contributed by atoms with Crippen molar-refractivity contribution in [3.05, 3.63) is 60.2 Å². The molecule has 1 aliphatic rings. The van der Waals surface area contributed by atoms with Gasteiger partial charge in [-0.05, 0) is 12.1 Å². The number of piperazine rings is 1. The van der Waals surface area contributed by atoms with Gasteiger partial charge >= 0.3 is 0 Å². The molecule has 0 saturated carbocycles. The average Bonchev–Trinajstić information content (AvgIpc) is 2.76. The Kier molecular flexibility index (Phi) is 7.62. The summed E-state index contributed by atoms with van der Waals surface area (Å²) >= 11 is 0. The highest BCUT2D eigenvalue weighted by Gasteiger charge is 2.28. The third-order valence-corrected chi connectivity index (χ3v) is 5.49. The summed E-state index contributed by atoms with van der Waals surface area (Å²) in [4.78, 5) is 17.7. The van der Waals surface area contributed by atoms with Crippen molar-refractivity contribution < 1.29 is 19.3 Å². The lowest BCUT2D eigenvalue weighted by molar-refractivity contribution is -1.02. The maximum absolute atomic E-state index is 13.1. The molecule has 6 heteroatoms. The van der Waals surface area contributed by atoms with Gasteiger partial charge in [-0.3, -0.25) is 4.79 Å². The topological polar surface area (TPSA) is 62.2 Å². The number of hydrogen-bond donors (Lipinski definition) is 2. The molecule has 0 bridgehead atoms. The molecule has 2 aromatic carbocycles. The first kappa shape index (κ1) is 20.8. The fraction of sp³-hybridized carbons (Fsp3) is 0.391. The van der Waals surface area contributed by atoms with E-state index in [0.29, 0.717) is 25.3 Å². The van der Waals surface area contributed by atoms with Crippen molar-refractivity contribution in [2.75, 3.05) is 51.3 Å². The quantitative estimate of drug-likeness (QED) is 0.659. The molecular weight excluding hydrogens is 364 g/mol. The molecule has 0 atom stereocenters. The zero-order valence-electron chi connectivity index (χ0n) is 17.1. The SMILES string of the molecule is COc1ccccc1N(CCC#N)C(=O)C[NH+]1CC[NH+](Cc2ccccc2)CC1. The van der Waals surface area contributed by atoms with E-state index >= 15 is 0 Å². The number of benzene rings is 2. The van der Waals surface area contributed by atoms with Crippen LogP contribution < -0.4 is 19.4 Å². The normalized spacial score (nSPS) is 18.6. The molecule has 1 saturated heterocycles. The number of carbonyl (C=O) groups is 1. The van der Waals surface area contributed by atoms with E-state index in [4.69, 9.17) is 10.00 Å². The van der Waals surface area contributed by atoms with Gasteiger partial charge in [0.05, 0.1) is 25.3 Å². The minimum Gasteiger partial charge on any atom is -0.495 e. The minimum atomic E-state index is 0.0475. The lowest BCUT2D eigenvalue weighted by Gasteiger charge is -2.31. The lowest BCUT2D eigenvalue weighted by atomic mass is 10.2. The van der Waals surface area contributed by atoms with Crippen LogP contribution in [0.15, 0.2) is 54.6 Å². The largest absolute Gasteiger partial charge is 0.495 e. The predicted octanol–water partition coefficient (Wildman–Crippen LogP) is -0.0745. The summed E-state index contributed by atoms with van der Waals surface area (Å²) in [5, 5.41) is 9.01. The molecule has 1 heterocycles. The molecule has 2 N–H and O–H groups in total. The molecule has 1 amide bonds. The summed E-state index contributed by atoms with van der Waals surface area (Å²) in [6.45, 7) is 5.95. The second-order valence-corrected chi connectivity index (χ2v) is 7.46. The molecule has 152 valence electrons. The van der Waals surface area contributed by atoms with Crippen LogP contribution >= 0.6 is 0 Å². The third-order valence-electron chi connectivity index (χ3n) is 5.49. The van der Waals surface area contributed by atoms with Gasteiger partial charge in [0.2, 0.25) is 0 Å². The van der Waals surface area contributed by atoms with Gasteiger partial charge < -0.3 is 19.4 Å². The zero-order chi connectivity index (χ0) is 20.5. The van der Waals surface area contributed by atoms with Gasteiger partial charge in [0.1, 0.15) is 38.5 Å². The second-order valence-electron chi connectivity index (χ2n) is 7.46. The fourth-order valence-electron chi connectivity index (χ4n) is 3.90. The molecule has 29 heavy (non-hydrogen) atoms. The van der Waals surface area contributed by atoms with E-state index in [1.807, 2.05) is 30.3 Å². The van der Waals surface area contributed by atoms with E-state index in [2.05, 4.69) is 30.3 Å². The van der Waals surface area contributed by atoms with Crippen LogP contribution in [0.1, 0.15) is 12.0 Å². The number of nitriles is 1. The van der Waals surface area contributed by atoms with Crippen LogP contribution in [0.5, 0.6) is 5.75 Å². The van der Waals surface area contributed by atoms with Gasteiger partial charge in [-0.25, -0.2) is 0 Å². The Morgan fingerprint density at radius 1 is 1.03 bits per heavy atom. The van der Waals surface area contributed by atoms with E-state index in [9.17, 15) is 4.79 Å². The van der Waals surface area contributed by atoms with E-state index < -0.39 is 0 Å². The number of nitrogens with one attached hydrogen (secondary N) is 2. The van der Waals surface area contributed by atoms with Crippen molar-refractivity contribution in [3.8, 4) is 11.8 Å². The number of ether oxygens (including phenoxy) is 1. The molecular formula is C23H30N4O2+2. The number of para-hydroxylation sites is 2. The zero-order valence-corrected chi connectivity index (χ0v) is 17.1. The summed E-state index contributed by atoms with van der Waals surface area (Å²) < 4.78 is 5.43. The first-order valence-electron chi connectivity index (χ1n) is 10.2. The van der Waals surface area contributed by atoms with Crippen LogP contribution in [-0.2, 0) is 11.3 Å². The number of anilines is 1. The number of rotatable bonds is 8. The average molecular weight is 395 g/mol. The van der Waals surface area contributed by atoms with Crippen LogP contribution in [0, 0.1) is 11.3 Å². The van der Waals surface area contributed by atoms with Crippen molar-refractivity contribution in [3.63, 3.8) is 0 Å². The van der Waals surface area contributed by atoms with Gasteiger partial charge in [-0.2, -0.15) is 5.26 Å². The highest BCUT2D eigenvalue weighted by Crippen LogP contribution is 2.27. The third kappa shape index (κ3) is 5.80. The minimum absolute atomic E-state index is 0.0475. The molecule has 0 unspecified atom stereocenters. The van der Waals surface area contributed by atoms with Crippen LogP contribution in [0.2, 0.25) is 0 Å². The first-order valence-corrected chi connectivity index (χ1v) is 10.2. The maximum atomic E-state index is 13.1. The highest BCUT2D eigenvalue weighted by atomic mass is 16.5. The van der Waals surface area contributed by atoms with E-state index in [0.717, 1.165) is 38.4 Å². The second kappa shape index (κ2) is 10.6. The van der Waals surface area contributed by atoms with Crippen molar-refractivity contribution in [1.29, 1.82) is 5.26 Å². The smallest absolute Gasteiger partial charge is 0.282 e. The number of methoxy groups -OCH3 is 1. The summed E-state index contributed by atoms with van der Waals surface area (Å²) in [6, 6.07) is 20.2. The molecule has 2 aromatic rings. The van der Waals surface area contributed by atoms with Gasteiger partial charge in [0.15, 0.2) is 6.54 Å². The molecule has 0 aliphatic carbocycles. The predicted molar refractivity (Wildman–Crippen MR) is 112 cm³/mol. The van der Waals surface area contributed by atoms with Gasteiger partial charge in [-0.15, -0.1) is 0 Å². The Morgan fingerprint density at radius 2 is 1.69 bits per heavy atom. The molecule has 0 aromatic heterocycles. The van der Waals surface area contributed by atoms with E-state index in [-0.39, 0.29) is 5.91 Å². The summed E-state index contributed by atoms with van der Waals surface area (Å²) in [5.41, 5.74) is 2.10. The van der Waals surface area contributed by atoms with E-state index in [1.54, 1.807) is 16.9 Å². The van der Waals surface area contributed by atoms with Gasteiger partial charge in [0.25, 0.3) is 5.91 Å².